The quantitative estimate of drug-likeness (QED) is 0.919. The number of aryl methyl sites for hydroxylation is 1. The number of aromatic nitrogens is 2. The van der Waals surface area contributed by atoms with Gasteiger partial charge in [0.25, 0.3) is 10.0 Å². The van der Waals surface area contributed by atoms with Crippen molar-refractivity contribution in [3.8, 4) is 5.75 Å². The standard InChI is InChI=1S/C12H11Cl2N3O3S/c1-7-15-6-9(20-2)12(16-7)17-21(18,19)10-5-3-4-8(13)11(10)14/h3-6H,1-2H3,(H,15,16,17). The first-order chi connectivity index (χ1) is 9.85. The van der Waals surface area contributed by atoms with Crippen molar-refractivity contribution in [3.05, 3.63) is 40.3 Å². The van der Waals surface area contributed by atoms with E-state index < -0.39 is 10.0 Å². The molecule has 112 valence electrons. The molecule has 0 bridgehead atoms. The van der Waals surface area contributed by atoms with Crippen molar-refractivity contribution in [1.82, 2.24) is 9.97 Å². The first-order valence-electron chi connectivity index (χ1n) is 5.69. The fourth-order valence-corrected chi connectivity index (χ4v) is 3.33. The summed E-state index contributed by atoms with van der Waals surface area (Å²) in [5.41, 5.74) is 0. The number of anilines is 1. The summed E-state index contributed by atoms with van der Waals surface area (Å²) in [5, 5.41) is 0.0850. The predicted octanol–water partition coefficient (Wildman–Crippen LogP) is 2.90. The van der Waals surface area contributed by atoms with Crippen LogP contribution >= 0.6 is 23.2 Å². The van der Waals surface area contributed by atoms with Crippen LogP contribution in [0.1, 0.15) is 5.82 Å². The van der Waals surface area contributed by atoms with Crippen LogP contribution in [0.5, 0.6) is 5.75 Å². The number of halogens is 2. The number of benzene rings is 1. The summed E-state index contributed by atoms with van der Waals surface area (Å²) in [7, 11) is -2.57. The van der Waals surface area contributed by atoms with Crippen LogP contribution in [0.2, 0.25) is 10.0 Å². The summed E-state index contributed by atoms with van der Waals surface area (Å²) in [4.78, 5) is 7.79. The van der Waals surface area contributed by atoms with E-state index in [1.807, 2.05) is 0 Å². The van der Waals surface area contributed by atoms with Crippen LogP contribution in [0.25, 0.3) is 0 Å². The van der Waals surface area contributed by atoms with E-state index in [2.05, 4.69) is 14.7 Å². The molecule has 1 aromatic carbocycles. The van der Waals surface area contributed by atoms with Gasteiger partial charge in [-0.2, -0.15) is 0 Å². The van der Waals surface area contributed by atoms with Gasteiger partial charge in [0.2, 0.25) is 0 Å². The Morgan fingerprint density at radius 2 is 2.00 bits per heavy atom. The smallest absolute Gasteiger partial charge is 0.264 e. The van der Waals surface area contributed by atoms with Crippen LogP contribution in [-0.2, 0) is 10.0 Å². The van der Waals surface area contributed by atoms with Gasteiger partial charge < -0.3 is 4.74 Å². The van der Waals surface area contributed by atoms with Gasteiger partial charge in [-0.3, -0.25) is 4.72 Å². The second-order valence-corrected chi connectivity index (χ2v) is 6.43. The minimum atomic E-state index is -3.95. The Balaban J connectivity index is 2.47. The second-order valence-electron chi connectivity index (χ2n) is 3.99. The summed E-state index contributed by atoms with van der Waals surface area (Å²) in [5.74, 6) is 0.619. The normalized spacial score (nSPS) is 11.2. The van der Waals surface area contributed by atoms with Gasteiger partial charge in [0.05, 0.1) is 23.4 Å². The minimum Gasteiger partial charge on any atom is -0.491 e. The second kappa shape index (κ2) is 6.05. The third kappa shape index (κ3) is 3.37. The fraction of sp³-hybridized carbons (Fsp3) is 0.167. The fourth-order valence-electron chi connectivity index (χ4n) is 1.56. The monoisotopic (exact) mass is 347 g/mol. The molecule has 21 heavy (non-hydrogen) atoms. The van der Waals surface area contributed by atoms with Gasteiger partial charge in [-0.1, -0.05) is 29.3 Å². The molecule has 0 aliphatic rings. The molecule has 9 heteroatoms. The molecule has 0 aliphatic heterocycles. The molecule has 0 spiro atoms. The van der Waals surface area contributed by atoms with Crippen molar-refractivity contribution in [3.63, 3.8) is 0 Å². The first kappa shape index (κ1) is 15.8. The highest BCUT2D eigenvalue weighted by atomic mass is 35.5. The molecule has 0 unspecified atom stereocenters. The van der Waals surface area contributed by atoms with Gasteiger partial charge in [-0.05, 0) is 19.1 Å². The molecule has 1 heterocycles. The summed E-state index contributed by atoms with van der Waals surface area (Å²) < 4.78 is 32.1. The number of nitrogens with zero attached hydrogens (tertiary/aromatic N) is 2. The lowest BCUT2D eigenvalue weighted by molar-refractivity contribution is 0.412. The Morgan fingerprint density at radius 1 is 1.29 bits per heavy atom. The van der Waals surface area contributed by atoms with Gasteiger partial charge in [0, 0.05) is 0 Å². The SMILES string of the molecule is COc1cnc(C)nc1NS(=O)(=O)c1cccc(Cl)c1Cl. The Morgan fingerprint density at radius 3 is 2.67 bits per heavy atom. The van der Waals surface area contributed by atoms with Gasteiger partial charge in [0.15, 0.2) is 11.6 Å². The number of methoxy groups -OCH3 is 1. The Hall–Kier alpha value is -1.57. The van der Waals surface area contributed by atoms with E-state index in [4.69, 9.17) is 27.9 Å². The van der Waals surface area contributed by atoms with Gasteiger partial charge in [-0.25, -0.2) is 18.4 Å². The molecular weight excluding hydrogens is 337 g/mol. The van der Waals surface area contributed by atoms with Crippen molar-refractivity contribution < 1.29 is 13.2 Å². The van der Waals surface area contributed by atoms with Gasteiger partial charge >= 0.3 is 0 Å². The summed E-state index contributed by atoms with van der Waals surface area (Å²) in [6.45, 7) is 1.63. The van der Waals surface area contributed by atoms with E-state index in [9.17, 15) is 8.42 Å². The van der Waals surface area contributed by atoms with E-state index in [-0.39, 0.29) is 26.5 Å². The molecule has 0 saturated heterocycles. The van der Waals surface area contributed by atoms with Crippen LogP contribution in [0, 0.1) is 6.92 Å². The van der Waals surface area contributed by atoms with Gasteiger partial charge in [0.1, 0.15) is 10.7 Å². The Labute approximate surface area is 132 Å². The van der Waals surface area contributed by atoms with Crippen molar-refractivity contribution in [2.45, 2.75) is 11.8 Å². The summed E-state index contributed by atoms with van der Waals surface area (Å²) in [6.07, 6.45) is 1.37. The first-order valence-corrected chi connectivity index (χ1v) is 7.93. The maximum Gasteiger partial charge on any atom is 0.264 e. The molecule has 0 fully saturated rings. The number of nitrogens with one attached hydrogen (secondary N) is 1. The van der Waals surface area contributed by atoms with Crippen molar-refractivity contribution in [2.24, 2.45) is 0 Å². The molecule has 0 saturated carbocycles. The van der Waals surface area contributed by atoms with Gasteiger partial charge in [-0.15, -0.1) is 0 Å². The maximum absolute atomic E-state index is 12.4. The molecule has 2 aromatic rings. The van der Waals surface area contributed by atoms with Crippen molar-refractivity contribution in [1.29, 1.82) is 0 Å². The van der Waals surface area contributed by atoms with Crippen LogP contribution in [0.15, 0.2) is 29.3 Å². The minimum absolute atomic E-state index is 0.0287. The lowest BCUT2D eigenvalue weighted by atomic mass is 10.4. The average molecular weight is 348 g/mol. The molecule has 0 atom stereocenters. The Bertz CT molecular complexity index is 781. The third-order valence-corrected chi connectivity index (χ3v) is 4.84. The van der Waals surface area contributed by atoms with Crippen molar-refractivity contribution in [2.75, 3.05) is 11.8 Å². The molecule has 0 amide bonds. The topological polar surface area (TPSA) is 81.2 Å². The lowest BCUT2D eigenvalue weighted by Gasteiger charge is -2.12. The number of sulfonamides is 1. The highest BCUT2D eigenvalue weighted by Crippen LogP contribution is 2.31. The van der Waals surface area contributed by atoms with Crippen LogP contribution in [-0.4, -0.2) is 25.5 Å². The summed E-state index contributed by atoms with van der Waals surface area (Å²) >= 11 is 11.8. The molecule has 1 aromatic heterocycles. The van der Waals surface area contributed by atoms with Crippen LogP contribution < -0.4 is 9.46 Å². The van der Waals surface area contributed by atoms with E-state index in [0.29, 0.717) is 5.82 Å². The van der Waals surface area contributed by atoms with Crippen LogP contribution in [0.3, 0.4) is 0 Å². The maximum atomic E-state index is 12.4. The highest BCUT2D eigenvalue weighted by molar-refractivity contribution is 7.92. The molecule has 2 rings (SSSR count). The molecule has 0 radical (unpaired) electrons. The molecule has 0 aliphatic carbocycles. The predicted molar refractivity (Wildman–Crippen MR) is 80.6 cm³/mol. The zero-order chi connectivity index (χ0) is 15.6. The number of ether oxygens (including phenoxy) is 1. The van der Waals surface area contributed by atoms with E-state index >= 15 is 0 Å². The summed E-state index contributed by atoms with van der Waals surface area (Å²) in [6, 6.07) is 4.33. The number of rotatable bonds is 4. The zero-order valence-electron chi connectivity index (χ0n) is 11.1. The number of hydrogen-bond donors (Lipinski definition) is 1. The molecule has 6 nitrogen and oxygen atoms in total. The Kier molecular flexibility index (Phi) is 4.55. The lowest BCUT2D eigenvalue weighted by Crippen LogP contribution is -2.16. The number of hydrogen-bond acceptors (Lipinski definition) is 5. The van der Waals surface area contributed by atoms with Crippen LogP contribution in [0.4, 0.5) is 5.82 Å². The average Bonchev–Trinajstić information content (AvgIpc) is 2.41. The van der Waals surface area contributed by atoms with E-state index in [1.54, 1.807) is 6.92 Å². The third-order valence-electron chi connectivity index (χ3n) is 2.53. The van der Waals surface area contributed by atoms with Crippen molar-refractivity contribution >= 4 is 39.0 Å². The zero-order valence-corrected chi connectivity index (χ0v) is 13.4. The largest absolute Gasteiger partial charge is 0.491 e. The highest BCUT2D eigenvalue weighted by Gasteiger charge is 2.22. The molecule has 1 N–H and O–H groups in total. The molecular formula is C12H11Cl2N3O3S. The van der Waals surface area contributed by atoms with E-state index in [1.165, 1.54) is 31.5 Å². The van der Waals surface area contributed by atoms with E-state index in [0.717, 1.165) is 0 Å².